The van der Waals surface area contributed by atoms with Gasteiger partial charge in [-0.1, -0.05) is 42.3 Å². The summed E-state index contributed by atoms with van der Waals surface area (Å²) < 4.78 is 6.22. The Hall–Kier alpha value is -1.59. The fraction of sp³-hybridized carbons (Fsp3) is 0.500. The summed E-state index contributed by atoms with van der Waals surface area (Å²) in [4.78, 5) is 4.67. The summed E-state index contributed by atoms with van der Waals surface area (Å²) in [5.74, 6) is 0.803. The van der Waals surface area contributed by atoms with Crippen LogP contribution in [0.1, 0.15) is 55.0 Å². The van der Waals surface area contributed by atoms with Crippen LogP contribution in [0.25, 0.3) is 0 Å². The van der Waals surface area contributed by atoms with E-state index in [2.05, 4.69) is 17.0 Å². The zero-order chi connectivity index (χ0) is 19.8. The molecule has 1 atom stereocenters. The van der Waals surface area contributed by atoms with E-state index in [4.69, 9.17) is 16.3 Å². The fourth-order valence-corrected chi connectivity index (χ4v) is 5.09. The topological polar surface area (TPSA) is 35.9 Å². The average molecular weight is 413 g/mol. The number of piperidine rings is 1. The van der Waals surface area contributed by atoms with Crippen molar-refractivity contribution in [2.45, 2.75) is 63.6 Å². The minimum atomic E-state index is -0.713. The Morgan fingerprint density at radius 3 is 2.24 bits per heavy atom. The molecular weight excluding hydrogens is 384 g/mol. The molecule has 1 saturated carbocycles. The molecule has 1 unspecified atom stereocenters. The van der Waals surface area contributed by atoms with E-state index in [1.54, 1.807) is 0 Å². The summed E-state index contributed by atoms with van der Waals surface area (Å²) in [5, 5.41) is 11.5. The first-order chi connectivity index (χ1) is 14.2. The Labute approximate surface area is 178 Å². The number of hydrogen-bond acceptors (Lipinski definition) is 4. The van der Waals surface area contributed by atoms with Crippen LogP contribution in [0.15, 0.2) is 42.5 Å². The Bertz CT molecular complexity index is 837. The van der Waals surface area contributed by atoms with Crippen LogP contribution in [-0.2, 0) is 13.1 Å². The molecule has 2 heterocycles. The molecule has 2 aliphatic heterocycles. The molecule has 1 aliphatic carbocycles. The molecule has 1 N–H and O–H groups in total. The number of aliphatic hydroxyl groups is 1. The van der Waals surface area contributed by atoms with Gasteiger partial charge in [0.05, 0.1) is 5.02 Å². The molecule has 3 aliphatic rings. The lowest BCUT2D eigenvalue weighted by Gasteiger charge is -2.41. The average Bonchev–Trinajstić information content (AvgIpc) is 3.12. The monoisotopic (exact) mass is 412 g/mol. The first-order valence-corrected chi connectivity index (χ1v) is 11.2. The lowest BCUT2D eigenvalue weighted by molar-refractivity contribution is -0.00173. The molecule has 1 saturated heterocycles. The molecular formula is C24H29ClN2O2. The van der Waals surface area contributed by atoms with Crippen LogP contribution >= 0.6 is 11.6 Å². The summed E-state index contributed by atoms with van der Waals surface area (Å²) in [7, 11) is 0. The number of hydrogen-bond donors (Lipinski definition) is 1. The third-order valence-electron chi connectivity index (χ3n) is 6.83. The van der Waals surface area contributed by atoms with Gasteiger partial charge in [-0.2, -0.15) is 0 Å². The second kappa shape index (κ2) is 8.27. The molecule has 2 fully saturated rings. The van der Waals surface area contributed by atoms with Gasteiger partial charge in [-0.05, 0) is 55.0 Å². The number of benzene rings is 2. The number of ether oxygens (including phenoxy) is 1. The summed E-state index contributed by atoms with van der Waals surface area (Å²) >= 11 is 6.55. The van der Waals surface area contributed by atoms with Gasteiger partial charge in [-0.3, -0.25) is 4.90 Å². The predicted octanol–water partition coefficient (Wildman–Crippen LogP) is 4.74. The third kappa shape index (κ3) is 4.04. The van der Waals surface area contributed by atoms with Crippen LogP contribution < -0.4 is 4.74 Å². The molecule has 0 bridgehead atoms. The molecule has 5 rings (SSSR count). The van der Waals surface area contributed by atoms with Crippen LogP contribution in [-0.4, -0.2) is 40.1 Å². The molecule has 0 aromatic heterocycles. The lowest BCUT2D eigenvalue weighted by Crippen LogP contribution is -2.46. The van der Waals surface area contributed by atoms with Gasteiger partial charge >= 0.3 is 0 Å². The van der Waals surface area contributed by atoms with E-state index in [1.165, 1.54) is 30.4 Å². The van der Waals surface area contributed by atoms with Gasteiger partial charge in [0, 0.05) is 37.8 Å². The maximum atomic E-state index is 10.9. The zero-order valence-electron chi connectivity index (χ0n) is 16.8. The van der Waals surface area contributed by atoms with Crippen molar-refractivity contribution in [1.29, 1.82) is 0 Å². The fourth-order valence-electron chi connectivity index (χ4n) is 4.82. The predicted molar refractivity (Wildman–Crippen MR) is 115 cm³/mol. The van der Waals surface area contributed by atoms with E-state index >= 15 is 0 Å². The first kappa shape index (κ1) is 19.4. The Morgan fingerprint density at radius 2 is 1.66 bits per heavy atom. The molecule has 5 heteroatoms. The van der Waals surface area contributed by atoms with Crippen LogP contribution in [0.3, 0.4) is 0 Å². The highest BCUT2D eigenvalue weighted by molar-refractivity contribution is 6.31. The van der Waals surface area contributed by atoms with E-state index in [0.29, 0.717) is 5.02 Å². The maximum Gasteiger partial charge on any atom is 0.135 e. The standard InChI is InChI=1S/C24H29ClN2O2/c25-23-14-21(29-20-10-12-26(13-11-20)19-6-3-7-19)8-9-22(23)24(28)27-15-17-4-1-2-5-18(17)16-27/h1-2,4-5,8-9,14,19-20,24,28H,3,6-7,10-13,15-16H2. The van der Waals surface area contributed by atoms with Crippen molar-refractivity contribution < 1.29 is 9.84 Å². The van der Waals surface area contributed by atoms with Gasteiger partial charge in [0.15, 0.2) is 0 Å². The van der Waals surface area contributed by atoms with E-state index in [1.807, 2.05) is 35.2 Å². The van der Waals surface area contributed by atoms with E-state index in [-0.39, 0.29) is 6.10 Å². The highest BCUT2D eigenvalue weighted by Gasteiger charge is 2.30. The van der Waals surface area contributed by atoms with Crippen molar-refractivity contribution in [3.63, 3.8) is 0 Å². The van der Waals surface area contributed by atoms with Crippen molar-refractivity contribution in [3.05, 3.63) is 64.2 Å². The number of fused-ring (bicyclic) bond motifs is 1. The van der Waals surface area contributed by atoms with Crippen molar-refractivity contribution in [2.75, 3.05) is 13.1 Å². The Balaban J connectivity index is 1.19. The number of halogens is 1. The SMILES string of the molecule is OC(c1ccc(OC2CCN(C3CCC3)CC2)cc1Cl)N1Cc2ccccc2C1. The molecule has 2 aromatic carbocycles. The molecule has 4 nitrogen and oxygen atoms in total. The van der Waals surface area contributed by atoms with Crippen molar-refractivity contribution in [3.8, 4) is 5.75 Å². The Kier molecular flexibility index (Phi) is 5.53. The minimum absolute atomic E-state index is 0.256. The van der Waals surface area contributed by atoms with Crippen LogP contribution in [0.4, 0.5) is 0 Å². The van der Waals surface area contributed by atoms with Crippen LogP contribution in [0.5, 0.6) is 5.75 Å². The van der Waals surface area contributed by atoms with Crippen molar-refractivity contribution in [2.24, 2.45) is 0 Å². The molecule has 29 heavy (non-hydrogen) atoms. The quantitative estimate of drug-likeness (QED) is 0.769. The second-order valence-electron chi connectivity index (χ2n) is 8.67. The molecule has 2 aromatic rings. The summed E-state index contributed by atoms with van der Waals surface area (Å²) in [5.41, 5.74) is 3.29. The van der Waals surface area contributed by atoms with Gasteiger partial charge in [0.25, 0.3) is 0 Å². The normalized spacial score (nSPS) is 22.3. The molecule has 0 spiro atoms. The van der Waals surface area contributed by atoms with E-state index in [9.17, 15) is 5.11 Å². The van der Waals surface area contributed by atoms with E-state index < -0.39 is 6.23 Å². The van der Waals surface area contributed by atoms with Crippen molar-refractivity contribution in [1.82, 2.24) is 9.80 Å². The van der Waals surface area contributed by atoms with Gasteiger partial charge in [0.2, 0.25) is 0 Å². The van der Waals surface area contributed by atoms with Gasteiger partial charge in [-0.25, -0.2) is 0 Å². The third-order valence-corrected chi connectivity index (χ3v) is 7.16. The summed E-state index contributed by atoms with van der Waals surface area (Å²) in [6, 6.07) is 14.9. The highest BCUT2D eigenvalue weighted by Crippen LogP contribution is 2.35. The van der Waals surface area contributed by atoms with Gasteiger partial charge in [0.1, 0.15) is 18.1 Å². The second-order valence-corrected chi connectivity index (χ2v) is 9.08. The summed E-state index contributed by atoms with van der Waals surface area (Å²) in [6.07, 6.45) is 5.82. The minimum Gasteiger partial charge on any atom is -0.490 e. The summed E-state index contributed by atoms with van der Waals surface area (Å²) in [6.45, 7) is 3.75. The van der Waals surface area contributed by atoms with Gasteiger partial charge in [-0.15, -0.1) is 0 Å². The smallest absolute Gasteiger partial charge is 0.135 e. The zero-order valence-corrected chi connectivity index (χ0v) is 17.5. The largest absolute Gasteiger partial charge is 0.490 e. The number of rotatable bonds is 5. The van der Waals surface area contributed by atoms with Crippen LogP contribution in [0, 0.1) is 0 Å². The molecule has 0 amide bonds. The van der Waals surface area contributed by atoms with Crippen molar-refractivity contribution >= 4 is 11.6 Å². The first-order valence-electron chi connectivity index (χ1n) is 10.9. The number of nitrogens with zero attached hydrogens (tertiary/aromatic N) is 2. The number of likely N-dealkylation sites (tertiary alicyclic amines) is 1. The highest BCUT2D eigenvalue weighted by atomic mass is 35.5. The van der Waals surface area contributed by atoms with Crippen LogP contribution in [0.2, 0.25) is 5.02 Å². The van der Waals surface area contributed by atoms with Gasteiger partial charge < -0.3 is 14.7 Å². The van der Waals surface area contributed by atoms with E-state index in [0.717, 1.165) is 56.4 Å². The molecule has 0 radical (unpaired) electrons. The Morgan fingerprint density at radius 1 is 0.966 bits per heavy atom. The molecule has 154 valence electrons. The maximum absolute atomic E-state index is 10.9. The number of aliphatic hydroxyl groups excluding tert-OH is 1. The lowest BCUT2D eigenvalue weighted by atomic mass is 9.90.